The number of imidazole rings is 1. The van der Waals surface area contributed by atoms with E-state index in [0.717, 1.165) is 19.4 Å². The van der Waals surface area contributed by atoms with Crippen LogP contribution < -0.4 is 5.32 Å². The van der Waals surface area contributed by atoms with Crippen LogP contribution in [0.15, 0.2) is 35.9 Å². The molecule has 10 nitrogen and oxygen atoms in total. The summed E-state index contributed by atoms with van der Waals surface area (Å²) >= 11 is 0. The smallest absolute Gasteiger partial charge is 0.328 e. The Kier molecular flexibility index (Phi) is 5.26. The minimum absolute atomic E-state index is 0.0602. The molecule has 0 saturated heterocycles. The lowest BCUT2D eigenvalue weighted by Gasteiger charge is -2.16. The maximum Gasteiger partial charge on any atom is 0.328 e. The zero-order valence-electron chi connectivity index (χ0n) is 12.5. The van der Waals surface area contributed by atoms with Crippen LogP contribution in [-0.4, -0.2) is 53.0 Å². The zero-order valence-corrected chi connectivity index (χ0v) is 13.3. The molecule has 1 atom stereocenters. The minimum atomic E-state index is -4.65. The third-order valence-corrected chi connectivity index (χ3v) is 3.96. The summed E-state index contributed by atoms with van der Waals surface area (Å²) in [7, 11) is -3.49. The van der Waals surface area contributed by atoms with Crippen LogP contribution in [0.25, 0.3) is 0 Å². The molecule has 0 aliphatic carbocycles. The van der Waals surface area contributed by atoms with Gasteiger partial charge in [-0.05, 0) is 6.07 Å². The van der Waals surface area contributed by atoms with E-state index >= 15 is 0 Å². The normalized spacial score (nSPS) is 12.4. The van der Waals surface area contributed by atoms with Crippen molar-refractivity contribution in [2.45, 2.75) is 17.4 Å². The summed E-state index contributed by atoms with van der Waals surface area (Å²) in [6, 6.07) is 0.0357. The summed E-state index contributed by atoms with van der Waals surface area (Å²) in [4.78, 5) is 33.6. The number of esters is 1. The number of pyridine rings is 1. The highest BCUT2D eigenvalue weighted by molar-refractivity contribution is 7.86. The second kappa shape index (κ2) is 7.19. The van der Waals surface area contributed by atoms with Gasteiger partial charge in [0.25, 0.3) is 16.0 Å². The van der Waals surface area contributed by atoms with Gasteiger partial charge in [-0.15, -0.1) is 0 Å². The van der Waals surface area contributed by atoms with E-state index in [9.17, 15) is 18.0 Å². The van der Waals surface area contributed by atoms with E-state index in [0.29, 0.717) is 5.69 Å². The zero-order chi connectivity index (χ0) is 17.7. The van der Waals surface area contributed by atoms with E-state index in [1.54, 1.807) is 0 Å². The molecule has 0 unspecified atom stereocenters. The number of rotatable bonds is 6. The Bertz CT molecular complexity index is 834. The molecule has 2 heterocycles. The fourth-order valence-corrected chi connectivity index (χ4v) is 2.59. The highest BCUT2D eigenvalue weighted by atomic mass is 32.2. The van der Waals surface area contributed by atoms with Crippen molar-refractivity contribution in [2.75, 3.05) is 7.11 Å². The number of amides is 1. The number of carbonyl (C=O) groups excluding carboxylic acids is 2. The van der Waals surface area contributed by atoms with Gasteiger partial charge in [0.05, 0.1) is 19.0 Å². The predicted octanol–water partition coefficient (Wildman–Crippen LogP) is -0.434. The molecule has 24 heavy (non-hydrogen) atoms. The standard InChI is InChI=1S/C13H14N4O6S/c1-23-13(19)10(4-8-5-15-7-16-8)17-12(18)9-2-3-14-6-11(9)24(20,21)22/h2-3,5-7,10H,4H2,1H3,(H,15,16)(H,17,18)(H,20,21,22)/t10-/m1/s1. The van der Waals surface area contributed by atoms with Crippen LogP contribution in [0.4, 0.5) is 0 Å². The SMILES string of the molecule is COC(=O)[C@@H](Cc1cnc[nH]1)NC(=O)c1ccncc1S(=O)(=O)O. The summed E-state index contributed by atoms with van der Waals surface area (Å²) in [5, 5.41) is 2.37. The number of hydrogen-bond donors (Lipinski definition) is 3. The van der Waals surface area contributed by atoms with E-state index in [4.69, 9.17) is 4.55 Å². The summed E-state index contributed by atoms with van der Waals surface area (Å²) in [6.07, 6.45) is 4.96. The molecule has 0 saturated carbocycles. The largest absolute Gasteiger partial charge is 0.467 e. The molecular formula is C13H14N4O6S. The van der Waals surface area contributed by atoms with E-state index in [1.807, 2.05) is 0 Å². The van der Waals surface area contributed by atoms with E-state index < -0.39 is 32.9 Å². The number of hydrogen-bond acceptors (Lipinski definition) is 7. The molecule has 0 bridgehead atoms. The first kappa shape index (κ1) is 17.6. The lowest BCUT2D eigenvalue weighted by molar-refractivity contribution is -0.142. The third-order valence-electron chi connectivity index (χ3n) is 3.08. The molecule has 0 aromatic carbocycles. The molecule has 0 spiro atoms. The molecule has 0 aliphatic rings. The van der Waals surface area contributed by atoms with Crippen molar-refractivity contribution in [3.63, 3.8) is 0 Å². The average Bonchev–Trinajstić information content (AvgIpc) is 3.05. The highest BCUT2D eigenvalue weighted by Crippen LogP contribution is 2.14. The summed E-state index contributed by atoms with van der Waals surface area (Å²) in [5.41, 5.74) is 0.224. The van der Waals surface area contributed by atoms with Gasteiger partial charge in [-0.25, -0.2) is 9.78 Å². The Morgan fingerprint density at radius 2 is 2.12 bits per heavy atom. The maximum atomic E-state index is 12.3. The number of methoxy groups -OCH3 is 1. The van der Waals surface area contributed by atoms with Gasteiger partial charge in [-0.2, -0.15) is 8.42 Å². The van der Waals surface area contributed by atoms with Gasteiger partial charge in [-0.3, -0.25) is 14.3 Å². The van der Waals surface area contributed by atoms with E-state index in [2.05, 4.69) is 25.0 Å². The van der Waals surface area contributed by atoms with Crippen molar-refractivity contribution in [1.82, 2.24) is 20.3 Å². The van der Waals surface area contributed by atoms with Crippen LogP contribution >= 0.6 is 0 Å². The second-order valence-corrected chi connectivity index (χ2v) is 6.07. The van der Waals surface area contributed by atoms with Gasteiger partial charge in [0.1, 0.15) is 10.9 Å². The van der Waals surface area contributed by atoms with Crippen LogP contribution in [0.5, 0.6) is 0 Å². The van der Waals surface area contributed by atoms with Crippen LogP contribution in [0.1, 0.15) is 16.1 Å². The quantitative estimate of drug-likeness (QED) is 0.467. The van der Waals surface area contributed by atoms with E-state index in [-0.39, 0.29) is 12.0 Å². The monoisotopic (exact) mass is 354 g/mol. The molecule has 3 N–H and O–H groups in total. The summed E-state index contributed by atoms with van der Waals surface area (Å²) in [6.45, 7) is 0. The van der Waals surface area contributed by atoms with Crippen LogP contribution in [0, 0.1) is 0 Å². The van der Waals surface area contributed by atoms with Gasteiger partial charge in [0.2, 0.25) is 0 Å². The fraction of sp³-hybridized carbons (Fsp3) is 0.231. The molecule has 0 radical (unpaired) electrons. The van der Waals surface area contributed by atoms with Gasteiger partial charge in [0.15, 0.2) is 0 Å². The van der Waals surface area contributed by atoms with E-state index in [1.165, 1.54) is 18.7 Å². The number of aromatic nitrogens is 3. The Labute approximate surface area is 137 Å². The molecule has 2 aromatic heterocycles. The van der Waals surface area contributed by atoms with Crippen LogP contribution in [0.3, 0.4) is 0 Å². The van der Waals surface area contributed by atoms with Crippen molar-refractivity contribution in [3.05, 3.63) is 42.2 Å². The maximum absolute atomic E-state index is 12.3. The Balaban J connectivity index is 2.27. The van der Waals surface area contributed by atoms with Crippen molar-refractivity contribution >= 4 is 22.0 Å². The average molecular weight is 354 g/mol. The van der Waals surface area contributed by atoms with Gasteiger partial charge in [-0.1, -0.05) is 0 Å². The molecular weight excluding hydrogens is 340 g/mol. The minimum Gasteiger partial charge on any atom is -0.467 e. The molecule has 0 aliphatic heterocycles. The van der Waals surface area contributed by atoms with Gasteiger partial charge >= 0.3 is 5.97 Å². The van der Waals surface area contributed by atoms with Gasteiger partial charge < -0.3 is 15.0 Å². The van der Waals surface area contributed by atoms with Crippen molar-refractivity contribution in [2.24, 2.45) is 0 Å². The Morgan fingerprint density at radius 1 is 1.38 bits per heavy atom. The topological polar surface area (TPSA) is 151 Å². The second-order valence-electron chi connectivity index (χ2n) is 4.68. The van der Waals surface area contributed by atoms with Crippen molar-refractivity contribution in [1.29, 1.82) is 0 Å². The molecule has 0 fully saturated rings. The number of H-pyrrole nitrogens is 1. The Morgan fingerprint density at radius 3 is 2.71 bits per heavy atom. The van der Waals surface area contributed by atoms with Gasteiger partial charge in [0, 0.05) is 30.7 Å². The number of nitrogens with zero attached hydrogens (tertiary/aromatic N) is 2. The first-order chi connectivity index (χ1) is 11.3. The molecule has 1 amide bonds. The highest BCUT2D eigenvalue weighted by Gasteiger charge is 2.26. The summed E-state index contributed by atoms with van der Waals surface area (Å²) < 4.78 is 36.4. The van der Waals surface area contributed by atoms with Crippen LogP contribution in [-0.2, 0) is 26.1 Å². The lowest BCUT2D eigenvalue weighted by atomic mass is 10.1. The molecule has 128 valence electrons. The number of ether oxygens (including phenoxy) is 1. The molecule has 11 heteroatoms. The number of nitrogens with one attached hydrogen (secondary N) is 2. The predicted molar refractivity (Wildman–Crippen MR) is 79.6 cm³/mol. The number of carbonyl (C=O) groups is 2. The fourth-order valence-electron chi connectivity index (χ4n) is 1.96. The first-order valence-electron chi connectivity index (χ1n) is 6.60. The van der Waals surface area contributed by atoms with Crippen molar-refractivity contribution < 1.29 is 27.3 Å². The lowest BCUT2D eigenvalue weighted by Crippen LogP contribution is -2.43. The molecule has 2 rings (SSSR count). The van der Waals surface area contributed by atoms with Crippen molar-refractivity contribution in [3.8, 4) is 0 Å². The number of aromatic amines is 1. The first-order valence-corrected chi connectivity index (χ1v) is 8.04. The van der Waals surface area contributed by atoms with Crippen LogP contribution in [0.2, 0.25) is 0 Å². The third kappa shape index (κ3) is 4.14. The Hall–Kier alpha value is -2.79. The summed E-state index contributed by atoms with van der Waals surface area (Å²) in [5.74, 6) is -1.60. The molecule has 2 aromatic rings.